The smallest absolute Gasteiger partial charge is 0.250 e. The minimum Gasteiger partial charge on any atom is -0.493 e. The van der Waals surface area contributed by atoms with E-state index < -0.39 is 0 Å². The van der Waals surface area contributed by atoms with Gasteiger partial charge in [0.1, 0.15) is 0 Å². The Bertz CT molecular complexity index is 813. The first-order chi connectivity index (χ1) is 12.4. The van der Waals surface area contributed by atoms with Gasteiger partial charge in [-0.2, -0.15) is 0 Å². The molecule has 6 heteroatoms. The summed E-state index contributed by atoms with van der Waals surface area (Å²) in [7, 11) is 4.80. The van der Waals surface area contributed by atoms with E-state index in [9.17, 15) is 9.59 Å². The number of nitrogens with zero attached hydrogens (tertiary/aromatic N) is 1. The van der Waals surface area contributed by atoms with Crippen molar-refractivity contribution in [2.45, 2.75) is 6.92 Å². The van der Waals surface area contributed by atoms with Crippen molar-refractivity contribution in [2.75, 3.05) is 31.5 Å². The largest absolute Gasteiger partial charge is 0.493 e. The molecular weight excluding hydrogens is 332 g/mol. The van der Waals surface area contributed by atoms with Gasteiger partial charge < -0.3 is 19.7 Å². The molecule has 0 unspecified atom stereocenters. The number of amides is 2. The SMILES string of the molecule is COc1ccc(N(C)C(=O)/C=C/c2ccc(NC(C)=O)cc2)cc1OC. The maximum Gasteiger partial charge on any atom is 0.250 e. The zero-order chi connectivity index (χ0) is 19.1. The lowest BCUT2D eigenvalue weighted by molar-refractivity contribution is -0.114. The third kappa shape index (κ3) is 4.86. The van der Waals surface area contributed by atoms with E-state index in [0.29, 0.717) is 22.9 Å². The van der Waals surface area contributed by atoms with Crippen LogP contribution in [0.2, 0.25) is 0 Å². The summed E-state index contributed by atoms with van der Waals surface area (Å²) in [5.41, 5.74) is 2.26. The maximum atomic E-state index is 12.4. The molecular formula is C20H22N2O4. The van der Waals surface area contributed by atoms with Crippen LogP contribution < -0.4 is 19.7 Å². The van der Waals surface area contributed by atoms with Crippen molar-refractivity contribution >= 4 is 29.3 Å². The van der Waals surface area contributed by atoms with Crippen molar-refractivity contribution in [3.05, 3.63) is 54.1 Å². The molecule has 0 saturated carbocycles. The first kappa shape index (κ1) is 19.1. The van der Waals surface area contributed by atoms with Crippen LogP contribution in [0.25, 0.3) is 6.08 Å². The molecule has 0 radical (unpaired) electrons. The van der Waals surface area contributed by atoms with Crippen LogP contribution in [0.1, 0.15) is 12.5 Å². The van der Waals surface area contributed by atoms with Gasteiger partial charge >= 0.3 is 0 Å². The predicted molar refractivity (Wildman–Crippen MR) is 103 cm³/mol. The van der Waals surface area contributed by atoms with E-state index in [0.717, 1.165) is 5.56 Å². The van der Waals surface area contributed by atoms with Crippen molar-refractivity contribution < 1.29 is 19.1 Å². The Balaban J connectivity index is 2.08. The second-order valence-electron chi connectivity index (χ2n) is 5.57. The van der Waals surface area contributed by atoms with E-state index in [1.54, 1.807) is 57.7 Å². The Morgan fingerprint density at radius 3 is 2.23 bits per heavy atom. The number of benzene rings is 2. The summed E-state index contributed by atoms with van der Waals surface area (Å²) in [6.07, 6.45) is 3.21. The van der Waals surface area contributed by atoms with Gasteiger partial charge in [-0.3, -0.25) is 9.59 Å². The van der Waals surface area contributed by atoms with E-state index in [1.165, 1.54) is 17.9 Å². The van der Waals surface area contributed by atoms with Crippen LogP contribution in [-0.4, -0.2) is 33.1 Å². The van der Waals surface area contributed by atoms with Crippen molar-refractivity contribution in [3.8, 4) is 11.5 Å². The first-order valence-corrected chi connectivity index (χ1v) is 8.00. The molecule has 136 valence electrons. The van der Waals surface area contributed by atoms with E-state index in [4.69, 9.17) is 9.47 Å². The summed E-state index contributed by atoms with van der Waals surface area (Å²) >= 11 is 0. The maximum absolute atomic E-state index is 12.4. The number of nitrogens with one attached hydrogen (secondary N) is 1. The Morgan fingerprint density at radius 2 is 1.65 bits per heavy atom. The Hall–Kier alpha value is -3.28. The van der Waals surface area contributed by atoms with Crippen LogP contribution in [-0.2, 0) is 9.59 Å². The van der Waals surface area contributed by atoms with Crippen LogP contribution in [0, 0.1) is 0 Å². The zero-order valence-electron chi connectivity index (χ0n) is 15.3. The number of likely N-dealkylation sites (N-methyl/N-ethyl adjacent to an activating group) is 1. The number of methoxy groups -OCH3 is 2. The quantitative estimate of drug-likeness (QED) is 0.808. The average Bonchev–Trinajstić information content (AvgIpc) is 2.65. The molecule has 2 aromatic rings. The van der Waals surface area contributed by atoms with Crippen molar-refractivity contribution in [3.63, 3.8) is 0 Å². The van der Waals surface area contributed by atoms with Crippen molar-refractivity contribution in [1.29, 1.82) is 0 Å². The molecule has 2 rings (SSSR count). The Labute approximate surface area is 153 Å². The first-order valence-electron chi connectivity index (χ1n) is 8.00. The number of hydrogen-bond donors (Lipinski definition) is 1. The molecule has 2 amide bonds. The zero-order valence-corrected chi connectivity index (χ0v) is 15.3. The summed E-state index contributed by atoms with van der Waals surface area (Å²) < 4.78 is 10.5. The van der Waals surface area contributed by atoms with E-state index >= 15 is 0 Å². The van der Waals surface area contributed by atoms with Crippen LogP contribution in [0.4, 0.5) is 11.4 Å². The molecule has 1 N–H and O–H groups in total. The predicted octanol–water partition coefficient (Wildman–Crippen LogP) is 3.34. The number of ether oxygens (including phenoxy) is 2. The highest BCUT2D eigenvalue weighted by molar-refractivity contribution is 6.03. The summed E-state index contributed by atoms with van der Waals surface area (Å²) in [5.74, 6) is 0.859. The fourth-order valence-electron chi connectivity index (χ4n) is 2.32. The second kappa shape index (κ2) is 8.71. The fraction of sp³-hybridized carbons (Fsp3) is 0.200. The van der Waals surface area contributed by atoms with Crippen LogP contribution in [0.5, 0.6) is 11.5 Å². The van der Waals surface area contributed by atoms with Crippen LogP contribution in [0.15, 0.2) is 48.5 Å². The molecule has 0 heterocycles. The van der Waals surface area contributed by atoms with Gasteiger partial charge in [-0.1, -0.05) is 12.1 Å². The van der Waals surface area contributed by atoms with Gasteiger partial charge in [-0.25, -0.2) is 0 Å². The lowest BCUT2D eigenvalue weighted by atomic mass is 10.2. The second-order valence-corrected chi connectivity index (χ2v) is 5.57. The van der Waals surface area contributed by atoms with E-state index in [2.05, 4.69) is 5.32 Å². The monoisotopic (exact) mass is 354 g/mol. The number of rotatable bonds is 6. The van der Waals surface area contributed by atoms with Gasteiger partial charge in [0.15, 0.2) is 11.5 Å². The van der Waals surface area contributed by atoms with Crippen LogP contribution >= 0.6 is 0 Å². The molecule has 0 spiro atoms. The molecule has 0 aromatic heterocycles. The third-order valence-corrected chi connectivity index (χ3v) is 3.73. The lowest BCUT2D eigenvalue weighted by Crippen LogP contribution is -2.23. The summed E-state index contributed by atoms with van der Waals surface area (Å²) in [5, 5.41) is 2.70. The Morgan fingerprint density at radius 1 is 1.00 bits per heavy atom. The summed E-state index contributed by atoms with van der Waals surface area (Å²) in [6.45, 7) is 1.45. The summed E-state index contributed by atoms with van der Waals surface area (Å²) in [4.78, 5) is 24.9. The van der Waals surface area contributed by atoms with Gasteiger partial charge in [0.25, 0.3) is 5.91 Å². The third-order valence-electron chi connectivity index (χ3n) is 3.73. The van der Waals surface area contributed by atoms with Gasteiger partial charge in [-0.05, 0) is 35.9 Å². The molecule has 0 fully saturated rings. The van der Waals surface area contributed by atoms with Gasteiger partial charge in [-0.15, -0.1) is 0 Å². The molecule has 0 aliphatic carbocycles. The minimum atomic E-state index is -0.178. The standard InChI is InChI=1S/C20H22N2O4/c1-14(23)21-16-8-5-15(6-9-16)7-12-20(24)22(2)17-10-11-18(25-3)19(13-17)26-4/h5-13H,1-4H3,(H,21,23)/b12-7+. The topological polar surface area (TPSA) is 67.9 Å². The number of hydrogen-bond acceptors (Lipinski definition) is 4. The molecule has 6 nitrogen and oxygen atoms in total. The van der Waals surface area contributed by atoms with Gasteiger partial charge in [0, 0.05) is 37.5 Å². The molecule has 26 heavy (non-hydrogen) atoms. The molecule has 0 saturated heterocycles. The van der Waals surface area contributed by atoms with Gasteiger partial charge in [0.2, 0.25) is 5.91 Å². The molecule has 2 aromatic carbocycles. The highest BCUT2D eigenvalue weighted by Crippen LogP contribution is 2.31. The van der Waals surface area contributed by atoms with Crippen molar-refractivity contribution in [2.24, 2.45) is 0 Å². The highest BCUT2D eigenvalue weighted by atomic mass is 16.5. The van der Waals surface area contributed by atoms with E-state index in [-0.39, 0.29) is 11.8 Å². The summed E-state index contributed by atoms with van der Waals surface area (Å²) in [6, 6.07) is 12.5. The van der Waals surface area contributed by atoms with E-state index in [1.807, 2.05) is 12.1 Å². The molecule has 0 atom stereocenters. The van der Waals surface area contributed by atoms with Crippen LogP contribution in [0.3, 0.4) is 0 Å². The lowest BCUT2D eigenvalue weighted by Gasteiger charge is -2.17. The minimum absolute atomic E-state index is 0.125. The number of carbonyl (C=O) groups is 2. The molecule has 0 bridgehead atoms. The Kier molecular flexibility index (Phi) is 6.38. The fourth-order valence-corrected chi connectivity index (χ4v) is 2.32. The highest BCUT2D eigenvalue weighted by Gasteiger charge is 2.11. The number of anilines is 2. The average molecular weight is 354 g/mol. The molecule has 0 aliphatic rings. The number of carbonyl (C=O) groups excluding carboxylic acids is 2. The molecule has 0 aliphatic heterocycles. The van der Waals surface area contributed by atoms with Crippen molar-refractivity contribution in [1.82, 2.24) is 0 Å². The normalized spacial score (nSPS) is 10.5. The van der Waals surface area contributed by atoms with Gasteiger partial charge in [0.05, 0.1) is 14.2 Å².